The van der Waals surface area contributed by atoms with Gasteiger partial charge in [0.1, 0.15) is 27.7 Å². The van der Waals surface area contributed by atoms with Crippen molar-refractivity contribution in [3.63, 3.8) is 0 Å². The Morgan fingerprint density at radius 3 is 2.64 bits per heavy atom. The Balaban J connectivity index is 2.05. The first kappa shape index (κ1) is 17.1. The quantitative estimate of drug-likeness (QED) is 0.650. The number of hydrogen-bond donors (Lipinski definition) is 2. The number of benzene rings is 2. The molecule has 7 heteroatoms. The maximum atomic E-state index is 12.3. The van der Waals surface area contributed by atoms with E-state index in [0.717, 1.165) is 6.07 Å². The number of aromatic hydroxyl groups is 1. The standard InChI is InChI=1S/C18H15ClO6/c19-17-14(23-8-4-7-20)9-12(21)16-13(22)10-15(25-18(16)17)24-11-5-2-1-3-6-11/h1-3,5-6,9-10,20-21H,4,7-8H2. The van der Waals surface area contributed by atoms with E-state index in [4.69, 9.17) is 30.6 Å². The van der Waals surface area contributed by atoms with Crippen molar-refractivity contribution >= 4 is 22.6 Å². The number of aliphatic hydroxyl groups is 1. The Hall–Kier alpha value is -2.70. The van der Waals surface area contributed by atoms with Crippen LogP contribution in [0.3, 0.4) is 0 Å². The topological polar surface area (TPSA) is 89.1 Å². The SMILES string of the molecule is O=c1cc(Oc2ccccc2)oc2c(Cl)c(OCCCO)cc(O)c12. The van der Waals surface area contributed by atoms with Crippen LogP contribution in [0.25, 0.3) is 11.0 Å². The summed E-state index contributed by atoms with van der Waals surface area (Å²) in [4.78, 5) is 12.3. The highest BCUT2D eigenvalue weighted by atomic mass is 35.5. The lowest BCUT2D eigenvalue weighted by molar-refractivity contribution is 0.233. The third kappa shape index (κ3) is 3.70. The van der Waals surface area contributed by atoms with E-state index in [1.807, 2.05) is 6.07 Å². The largest absolute Gasteiger partial charge is 0.507 e. The summed E-state index contributed by atoms with van der Waals surface area (Å²) in [6, 6.07) is 11.2. The Kier molecular flexibility index (Phi) is 5.11. The highest BCUT2D eigenvalue weighted by Gasteiger charge is 2.18. The Labute approximate surface area is 147 Å². The molecule has 2 aromatic carbocycles. The smallest absolute Gasteiger partial charge is 0.294 e. The second kappa shape index (κ2) is 7.46. The van der Waals surface area contributed by atoms with Gasteiger partial charge in [-0.15, -0.1) is 0 Å². The molecule has 1 heterocycles. The van der Waals surface area contributed by atoms with Crippen LogP contribution in [-0.2, 0) is 0 Å². The zero-order valence-electron chi connectivity index (χ0n) is 13.1. The normalized spacial score (nSPS) is 10.8. The molecule has 130 valence electrons. The van der Waals surface area contributed by atoms with Crippen molar-refractivity contribution in [2.45, 2.75) is 6.42 Å². The molecule has 0 spiro atoms. The van der Waals surface area contributed by atoms with Gasteiger partial charge in [-0.05, 0) is 12.1 Å². The van der Waals surface area contributed by atoms with Gasteiger partial charge in [-0.3, -0.25) is 4.79 Å². The number of ether oxygens (including phenoxy) is 2. The van der Waals surface area contributed by atoms with Crippen molar-refractivity contribution < 1.29 is 24.1 Å². The minimum atomic E-state index is -0.492. The van der Waals surface area contributed by atoms with Crippen LogP contribution < -0.4 is 14.9 Å². The molecule has 2 N–H and O–H groups in total. The van der Waals surface area contributed by atoms with Crippen molar-refractivity contribution in [1.29, 1.82) is 0 Å². The fourth-order valence-electron chi connectivity index (χ4n) is 2.25. The minimum Gasteiger partial charge on any atom is -0.507 e. The molecule has 0 saturated heterocycles. The molecule has 0 aliphatic carbocycles. The fourth-order valence-corrected chi connectivity index (χ4v) is 2.49. The van der Waals surface area contributed by atoms with E-state index >= 15 is 0 Å². The molecular weight excluding hydrogens is 348 g/mol. The highest BCUT2D eigenvalue weighted by Crippen LogP contribution is 2.39. The van der Waals surface area contributed by atoms with E-state index in [2.05, 4.69) is 0 Å². The molecular formula is C18H15ClO6. The fraction of sp³-hybridized carbons (Fsp3) is 0.167. The number of rotatable bonds is 6. The lowest BCUT2D eigenvalue weighted by Gasteiger charge is -2.11. The van der Waals surface area contributed by atoms with E-state index in [9.17, 15) is 9.90 Å². The van der Waals surface area contributed by atoms with Crippen LogP contribution in [0.2, 0.25) is 5.02 Å². The summed E-state index contributed by atoms with van der Waals surface area (Å²) in [5.74, 6) is 0.275. The van der Waals surface area contributed by atoms with E-state index in [1.54, 1.807) is 24.3 Å². The van der Waals surface area contributed by atoms with Crippen molar-refractivity contribution in [2.24, 2.45) is 0 Å². The molecule has 1 aromatic heterocycles. The predicted molar refractivity (Wildman–Crippen MR) is 92.9 cm³/mol. The van der Waals surface area contributed by atoms with Gasteiger partial charge in [-0.25, -0.2) is 0 Å². The van der Waals surface area contributed by atoms with Crippen LogP contribution in [-0.4, -0.2) is 23.4 Å². The van der Waals surface area contributed by atoms with Gasteiger partial charge >= 0.3 is 0 Å². The number of aliphatic hydroxyl groups excluding tert-OH is 1. The van der Waals surface area contributed by atoms with Crippen LogP contribution >= 0.6 is 11.6 Å². The summed E-state index contributed by atoms with van der Waals surface area (Å²) in [7, 11) is 0. The molecule has 0 radical (unpaired) electrons. The van der Waals surface area contributed by atoms with Crippen LogP contribution in [0.4, 0.5) is 0 Å². The number of phenols is 1. The van der Waals surface area contributed by atoms with Gasteiger partial charge in [0.25, 0.3) is 5.95 Å². The second-order valence-electron chi connectivity index (χ2n) is 5.18. The van der Waals surface area contributed by atoms with Crippen LogP contribution in [0.1, 0.15) is 6.42 Å². The zero-order valence-corrected chi connectivity index (χ0v) is 13.8. The van der Waals surface area contributed by atoms with Gasteiger partial charge in [0.15, 0.2) is 5.58 Å². The summed E-state index contributed by atoms with van der Waals surface area (Å²) in [6.45, 7) is 0.160. The van der Waals surface area contributed by atoms with Gasteiger partial charge in [0.2, 0.25) is 5.43 Å². The van der Waals surface area contributed by atoms with E-state index in [0.29, 0.717) is 12.2 Å². The number of hydrogen-bond acceptors (Lipinski definition) is 6. The van der Waals surface area contributed by atoms with Crippen LogP contribution in [0.15, 0.2) is 51.7 Å². The van der Waals surface area contributed by atoms with E-state index < -0.39 is 5.43 Å². The summed E-state index contributed by atoms with van der Waals surface area (Å²) in [5, 5.41) is 18.9. The molecule has 3 rings (SSSR count). The minimum absolute atomic E-state index is 0.0286. The summed E-state index contributed by atoms with van der Waals surface area (Å²) >= 11 is 6.25. The first-order valence-electron chi connectivity index (χ1n) is 7.56. The summed E-state index contributed by atoms with van der Waals surface area (Å²) in [5.41, 5.74) is -0.521. The Morgan fingerprint density at radius 1 is 1.16 bits per heavy atom. The van der Waals surface area contributed by atoms with Crippen molar-refractivity contribution in [3.8, 4) is 23.2 Å². The molecule has 25 heavy (non-hydrogen) atoms. The van der Waals surface area contributed by atoms with Gasteiger partial charge in [-0.2, -0.15) is 0 Å². The molecule has 0 aliphatic heterocycles. The van der Waals surface area contributed by atoms with Gasteiger partial charge in [0.05, 0.1) is 12.7 Å². The number of fused-ring (bicyclic) bond motifs is 1. The highest BCUT2D eigenvalue weighted by molar-refractivity contribution is 6.36. The van der Waals surface area contributed by atoms with E-state index in [1.165, 1.54) is 6.07 Å². The maximum Gasteiger partial charge on any atom is 0.294 e. The first-order chi connectivity index (χ1) is 12.1. The van der Waals surface area contributed by atoms with Gasteiger partial charge in [0, 0.05) is 19.1 Å². The Morgan fingerprint density at radius 2 is 1.92 bits per heavy atom. The van der Waals surface area contributed by atoms with Crippen molar-refractivity contribution in [2.75, 3.05) is 13.2 Å². The molecule has 0 fully saturated rings. The van der Waals surface area contributed by atoms with E-state index in [-0.39, 0.29) is 46.7 Å². The number of halogens is 1. The van der Waals surface area contributed by atoms with Crippen LogP contribution in [0, 0.1) is 0 Å². The van der Waals surface area contributed by atoms with Crippen LogP contribution in [0.5, 0.6) is 23.2 Å². The lowest BCUT2D eigenvalue weighted by Crippen LogP contribution is -2.04. The summed E-state index contributed by atoms with van der Waals surface area (Å²) in [6.07, 6.45) is 0.399. The number of para-hydroxylation sites is 1. The molecule has 0 amide bonds. The molecule has 0 unspecified atom stereocenters. The average Bonchev–Trinajstić information content (AvgIpc) is 2.59. The molecule has 3 aromatic rings. The van der Waals surface area contributed by atoms with Crippen molar-refractivity contribution in [3.05, 3.63) is 57.7 Å². The average molecular weight is 363 g/mol. The third-order valence-electron chi connectivity index (χ3n) is 3.39. The zero-order chi connectivity index (χ0) is 17.8. The maximum absolute atomic E-state index is 12.3. The molecule has 0 bridgehead atoms. The Bertz CT molecular complexity index is 936. The molecule has 0 saturated carbocycles. The summed E-state index contributed by atoms with van der Waals surface area (Å²) < 4.78 is 16.5. The van der Waals surface area contributed by atoms with Crippen molar-refractivity contribution in [1.82, 2.24) is 0 Å². The first-order valence-corrected chi connectivity index (χ1v) is 7.94. The molecule has 6 nitrogen and oxygen atoms in total. The third-order valence-corrected chi connectivity index (χ3v) is 3.74. The molecule has 0 aliphatic rings. The van der Waals surface area contributed by atoms with Gasteiger partial charge < -0.3 is 24.1 Å². The lowest BCUT2D eigenvalue weighted by atomic mass is 10.2. The number of phenolic OH excluding ortho intramolecular Hbond substituents is 1. The monoisotopic (exact) mass is 362 g/mol. The van der Waals surface area contributed by atoms with Gasteiger partial charge in [-0.1, -0.05) is 29.8 Å². The second-order valence-corrected chi connectivity index (χ2v) is 5.56. The predicted octanol–water partition coefficient (Wildman–Crippen LogP) is 3.71. The molecule has 0 atom stereocenters.